The molecule has 0 saturated carbocycles. The van der Waals surface area contributed by atoms with Crippen LogP contribution in [-0.4, -0.2) is 30.3 Å². The van der Waals surface area contributed by atoms with Crippen molar-refractivity contribution >= 4 is 22.9 Å². The highest BCUT2D eigenvalue weighted by Gasteiger charge is 2.14. The number of aryl methyl sites for hydroxylation is 1. The second kappa shape index (κ2) is 5.72. The summed E-state index contributed by atoms with van der Waals surface area (Å²) in [6.07, 6.45) is 0.211. The number of carbonyl (C=O) groups is 2. The van der Waals surface area contributed by atoms with Crippen molar-refractivity contribution in [3.05, 3.63) is 16.1 Å². The Morgan fingerprint density at radius 1 is 1.53 bits per heavy atom. The number of rotatable bonds is 6. The zero-order valence-electron chi connectivity index (χ0n) is 8.78. The summed E-state index contributed by atoms with van der Waals surface area (Å²) in [4.78, 5) is 26.8. The van der Waals surface area contributed by atoms with Crippen LogP contribution in [-0.2, 0) is 9.53 Å². The largest absolute Gasteiger partial charge is 0.384 e. The maximum Gasteiger partial charge on any atom is 0.198 e. The molecular weight excluding hydrogens is 214 g/mol. The number of Topliss-reactive ketones (excluding diaryl/α,β-unsaturated/α-hetero) is 2. The van der Waals surface area contributed by atoms with Crippen LogP contribution in [0.1, 0.15) is 28.3 Å². The molecule has 82 valence electrons. The molecule has 0 unspecified atom stereocenters. The van der Waals surface area contributed by atoms with E-state index in [2.05, 4.69) is 4.98 Å². The quantitative estimate of drug-likeness (QED) is 0.547. The first kappa shape index (κ1) is 12.0. The van der Waals surface area contributed by atoms with Crippen LogP contribution in [0.15, 0.2) is 5.38 Å². The molecule has 0 N–H and O–H groups in total. The van der Waals surface area contributed by atoms with Crippen molar-refractivity contribution in [2.24, 2.45) is 0 Å². The summed E-state index contributed by atoms with van der Waals surface area (Å²) in [6.45, 7) is 2.18. The monoisotopic (exact) mass is 227 g/mol. The lowest BCUT2D eigenvalue weighted by Gasteiger charge is -1.97. The van der Waals surface area contributed by atoms with Crippen LogP contribution < -0.4 is 0 Å². The van der Waals surface area contributed by atoms with Crippen molar-refractivity contribution in [3.63, 3.8) is 0 Å². The molecule has 0 bridgehead atoms. The molecule has 0 spiro atoms. The zero-order chi connectivity index (χ0) is 11.3. The highest BCUT2D eigenvalue weighted by Crippen LogP contribution is 2.11. The lowest BCUT2D eigenvalue weighted by Crippen LogP contribution is -2.10. The Morgan fingerprint density at radius 3 is 2.80 bits per heavy atom. The number of hydrogen-bond donors (Lipinski definition) is 0. The number of ketones is 2. The van der Waals surface area contributed by atoms with E-state index in [9.17, 15) is 9.59 Å². The van der Waals surface area contributed by atoms with Gasteiger partial charge in [0, 0.05) is 24.6 Å². The number of aromatic nitrogens is 1. The summed E-state index contributed by atoms with van der Waals surface area (Å²) >= 11 is 1.28. The van der Waals surface area contributed by atoms with Crippen molar-refractivity contribution in [2.45, 2.75) is 19.8 Å². The Hall–Kier alpha value is -1.07. The van der Waals surface area contributed by atoms with E-state index in [1.54, 1.807) is 5.38 Å². The van der Waals surface area contributed by atoms with Crippen molar-refractivity contribution < 1.29 is 14.3 Å². The van der Waals surface area contributed by atoms with Crippen LogP contribution in [0.2, 0.25) is 0 Å². The first-order valence-corrected chi connectivity index (χ1v) is 5.47. The average Bonchev–Trinajstić information content (AvgIpc) is 2.61. The second-order valence-electron chi connectivity index (χ2n) is 3.18. The smallest absolute Gasteiger partial charge is 0.198 e. The molecule has 5 heteroatoms. The average molecular weight is 227 g/mol. The fourth-order valence-electron chi connectivity index (χ4n) is 1.04. The summed E-state index contributed by atoms with van der Waals surface area (Å²) in [5.41, 5.74) is 0.813. The van der Waals surface area contributed by atoms with Gasteiger partial charge in [-0.2, -0.15) is 0 Å². The Balaban J connectivity index is 2.45. The Morgan fingerprint density at radius 2 is 2.27 bits per heavy atom. The number of hydrogen-bond acceptors (Lipinski definition) is 5. The lowest BCUT2D eigenvalue weighted by atomic mass is 10.1. The molecule has 0 saturated heterocycles. The first-order valence-electron chi connectivity index (χ1n) is 4.59. The van der Waals surface area contributed by atoms with Gasteiger partial charge in [0.25, 0.3) is 0 Å². The van der Waals surface area contributed by atoms with E-state index in [0.717, 1.165) is 5.69 Å². The van der Waals surface area contributed by atoms with Gasteiger partial charge < -0.3 is 4.74 Å². The van der Waals surface area contributed by atoms with E-state index in [1.165, 1.54) is 18.4 Å². The molecule has 15 heavy (non-hydrogen) atoms. The number of nitrogens with zero attached hydrogens (tertiary/aromatic N) is 1. The lowest BCUT2D eigenvalue weighted by molar-refractivity contribution is -0.119. The third kappa shape index (κ3) is 3.89. The van der Waals surface area contributed by atoms with Gasteiger partial charge in [0.1, 0.15) is 5.78 Å². The van der Waals surface area contributed by atoms with Gasteiger partial charge in [0.05, 0.1) is 13.0 Å². The fourth-order valence-corrected chi connectivity index (χ4v) is 1.78. The minimum Gasteiger partial charge on any atom is -0.384 e. The van der Waals surface area contributed by atoms with Gasteiger partial charge >= 0.3 is 0 Å². The number of thiazole rings is 1. The Kier molecular flexibility index (Phi) is 4.58. The van der Waals surface area contributed by atoms with E-state index in [-0.39, 0.29) is 24.4 Å². The van der Waals surface area contributed by atoms with Crippen LogP contribution in [0.25, 0.3) is 0 Å². The van der Waals surface area contributed by atoms with Crippen molar-refractivity contribution in [1.82, 2.24) is 4.98 Å². The summed E-state index contributed by atoms with van der Waals surface area (Å²) in [6, 6.07) is 0. The third-order valence-electron chi connectivity index (χ3n) is 1.80. The summed E-state index contributed by atoms with van der Waals surface area (Å²) in [7, 11) is 1.53. The van der Waals surface area contributed by atoms with E-state index in [0.29, 0.717) is 11.6 Å². The van der Waals surface area contributed by atoms with Crippen molar-refractivity contribution in [3.8, 4) is 0 Å². The van der Waals surface area contributed by atoms with Crippen LogP contribution >= 0.6 is 11.3 Å². The molecule has 0 fully saturated rings. The van der Waals surface area contributed by atoms with Crippen molar-refractivity contribution in [2.75, 3.05) is 13.7 Å². The van der Waals surface area contributed by atoms with Crippen LogP contribution in [0, 0.1) is 6.92 Å². The van der Waals surface area contributed by atoms with E-state index >= 15 is 0 Å². The van der Waals surface area contributed by atoms with E-state index in [1.807, 2.05) is 6.92 Å². The van der Waals surface area contributed by atoms with Gasteiger partial charge in [-0.3, -0.25) is 9.59 Å². The summed E-state index contributed by atoms with van der Waals surface area (Å²) in [5.74, 6) is -0.302. The molecule has 0 aliphatic heterocycles. The molecule has 4 nitrogen and oxygen atoms in total. The van der Waals surface area contributed by atoms with Gasteiger partial charge in [0.15, 0.2) is 10.8 Å². The molecule has 1 heterocycles. The normalized spacial score (nSPS) is 10.3. The third-order valence-corrected chi connectivity index (χ3v) is 2.80. The van der Waals surface area contributed by atoms with Crippen LogP contribution in [0.5, 0.6) is 0 Å². The number of carbonyl (C=O) groups excluding carboxylic acids is 2. The Bertz CT molecular complexity index is 359. The Labute approximate surface area is 92.3 Å². The molecular formula is C10H13NO3S. The number of ether oxygens (including phenoxy) is 1. The van der Waals surface area contributed by atoms with Crippen molar-refractivity contribution in [1.29, 1.82) is 0 Å². The zero-order valence-corrected chi connectivity index (χ0v) is 9.60. The minimum absolute atomic E-state index is 0.0731. The summed E-state index contributed by atoms with van der Waals surface area (Å²) in [5, 5.41) is 2.21. The second-order valence-corrected chi connectivity index (χ2v) is 4.03. The maximum absolute atomic E-state index is 11.5. The molecule has 0 atom stereocenters. The SMILES string of the molecule is COCCC(=O)CC(=O)c1nc(C)cs1. The molecule has 0 aromatic carbocycles. The van der Waals surface area contributed by atoms with Gasteiger partial charge in [-0.25, -0.2) is 4.98 Å². The highest BCUT2D eigenvalue weighted by atomic mass is 32.1. The topological polar surface area (TPSA) is 56.3 Å². The van der Waals surface area contributed by atoms with Gasteiger partial charge in [-0.15, -0.1) is 11.3 Å². The molecule has 1 aromatic heterocycles. The molecule has 1 aromatic rings. The van der Waals surface area contributed by atoms with E-state index < -0.39 is 0 Å². The predicted octanol–water partition coefficient (Wildman–Crippen LogP) is 1.63. The summed E-state index contributed by atoms with van der Waals surface area (Å²) < 4.78 is 4.76. The molecule has 0 aliphatic rings. The molecule has 0 radical (unpaired) electrons. The highest BCUT2D eigenvalue weighted by molar-refractivity contribution is 7.11. The van der Waals surface area contributed by atoms with Crippen LogP contribution in [0.4, 0.5) is 0 Å². The van der Waals surface area contributed by atoms with Gasteiger partial charge in [-0.05, 0) is 6.92 Å². The first-order chi connectivity index (χ1) is 7.13. The standard InChI is InChI=1S/C10H13NO3S/c1-7-6-15-10(11-7)9(13)5-8(12)3-4-14-2/h6H,3-5H2,1-2H3. The molecule has 0 aliphatic carbocycles. The minimum atomic E-state index is -0.200. The van der Waals surface area contributed by atoms with Gasteiger partial charge in [-0.1, -0.05) is 0 Å². The van der Waals surface area contributed by atoms with E-state index in [4.69, 9.17) is 4.74 Å². The maximum atomic E-state index is 11.5. The number of methoxy groups -OCH3 is 1. The fraction of sp³-hybridized carbons (Fsp3) is 0.500. The predicted molar refractivity (Wildman–Crippen MR) is 57.3 cm³/mol. The van der Waals surface area contributed by atoms with Gasteiger partial charge in [0.2, 0.25) is 0 Å². The molecule has 0 amide bonds. The molecule has 1 rings (SSSR count). The van der Waals surface area contributed by atoms with Crippen LogP contribution in [0.3, 0.4) is 0 Å².